The Labute approximate surface area is 135 Å². The average molecular weight is 313 g/mol. The second-order valence-electron chi connectivity index (χ2n) is 5.89. The molecule has 0 saturated carbocycles. The molecule has 120 valence electrons. The summed E-state index contributed by atoms with van der Waals surface area (Å²) in [7, 11) is 0. The van der Waals surface area contributed by atoms with E-state index >= 15 is 0 Å². The number of rotatable bonds is 5. The van der Waals surface area contributed by atoms with Gasteiger partial charge in [-0.25, -0.2) is 4.39 Å². The lowest BCUT2D eigenvalue weighted by Crippen LogP contribution is -2.31. The third-order valence-corrected chi connectivity index (χ3v) is 4.20. The fourth-order valence-electron chi connectivity index (χ4n) is 2.93. The van der Waals surface area contributed by atoms with Crippen LogP contribution in [0.25, 0.3) is 0 Å². The summed E-state index contributed by atoms with van der Waals surface area (Å²) >= 11 is 0. The first-order valence-corrected chi connectivity index (χ1v) is 7.92. The monoisotopic (exact) mass is 313 g/mol. The molecule has 1 aliphatic rings. The maximum atomic E-state index is 13.4. The van der Waals surface area contributed by atoms with Crippen molar-refractivity contribution in [2.24, 2.45) is 0 Å². The van der Waals surface area contributed by atoms with E-state index in [9.17, 15) is 9.18 Å². The van der Waals surface area contributed by atoms with E-state index < -0.39 is 5.82 Å². The van der Waals surface area contributed by atoms with Crippen molar-refractivity contribution < 1.29 is 13.9 Å². The van der Waals surface area contributed by atoms with Crippen molar-refractivity contribution in [3.63, 3.8) is 0 Å². The zero-order valence-corrected chi connectivity index (χ0v) is 13.1. The van der Waals surface area contributed by atoms with Crippen LogP contribution in [0.4, 0.5) is 4.39 Å². The van der Waals surface area contributed by atoms with Gasteiger partial charge in [-0.05, 0) is 55.0 Å². The Kier molecular flexibility index (Phi) is 4.60. The van der Waals surface area contributed by atoms with E-state index in [1.807, 2.05) is 6.92 Å². The first-order valence-electron chi connectivity index (χ1n) is 7.92. The highest BCUT2D eigenvalue weighted by atomic mass is 19.1. The molecule has 4 heteroatoms. The normalized spacial score (nSPS) is 14.2. The summed E-state index contributed by atoms with van der Waals surface area (Å²) in [5, 5.41) is 2.89. The summed E-state index contributed by atoms with van der Waals surface area (Å²) in [5.41, 5.74) is 3.88. The summed E-state index contributed by atoms with van der Waals surface area (Å²) in [4.78, 5) is 12.0. The number of aryl methyl sites for hydroxylation is 2. The molecule has 2 aromatic rings. The number of nitrogens with one attached hydrogen (secondary N) is 1. The van der Waals surface area contributed by atoms with E-state index in [-0.39, 0.29) is 24.3 Å². The summed E-state index contributed by atoms with van der Waals surface area (Å²) < 4.78 is 18.7. The van der Waals surface area contributed by atoms with Crippen molar-refractivity contribution in [3.05, 3.63) is 65.0 Å². The molecular formula is C19H20FNO2. The lowest BCUT2D eigenvalue weighted by molar-refractivity contribution is -0.123. The van der Waals surface area contributed by atoms with Gasteiger partial charge in [0.2, 0.25) is 0 Å². The number of ether oxygens (including phenoxy) is 1. The fraction of sp³-hybridized carbons (Fsp3) is 0.316. The van der Waals surface area contributed by atoms with E-state index in [0.717, 1.165) is 18.4 Å². The lowest BCUT2D eigenvalue weighted by Gasteiger charge is -2.16. The predicted octanol–water partition coefficient (Wildman–Crippen LogP) is 3.57. The zero-order chi connectivity index (χ0) is 16.2. The highest BCUT2D eigenvalue weighted by molar-refractivity contribution is 5.78. The number of carbonyl (C=O) groups is 1. The van der Waals surface area contributed by atoms with Crippen molar-refractivity contribution in [2.75, 3.05) is 6.61 Å². The van der Waals surface area contributed by atoms with Crippen LogP contribution < -0.4 is 10.1 Å². The van der Waals surface area contributed by atoms with Crippen LogP contribution >= 0.6 is 0 Å². The molecule has 1 amide bonds. The van der Waals surface area contributed by atoms with E-state index in [1.165, 1.54) is 29.7 Å². The van der Waals surface area contributed by atoms with E-state index in [0.29, 0.717) is 0 Å². The SMILES string of the molecule is C[C@H](NC(=O)COc1ccccc1F)c1ccc2c(c1)CCC2. The molecule has 23 heavy (non-hydrogen) atoms. The Hall–Kier alpha value is -2.36. The molecule has 3 rings (SSSR count). The Morgan fingerprint density at radius 1 is 1.22 bits per heavy atom. The molecule has 0 aromatic heterocycles. The molecule has 0 bridgehead atoms. The molecule has 0 unspecified atom stereocenters. The fourth-order valence-corrected chi connectivity index (χ4v) is 2.93. The number of hydrogen-bond donors (Lipinski definition) is 1. The molecule has 2 aromatic carbocycles. The van der Waals surface area contributed by atoms with Gasteiger partial charge in [0.05, 0.1) is 6.04 Å². The van der Waals surface area contributed by atoms with Gasteiger partial charge in [-0.1, -0.05) is 30.3 Å². The number of amides is 1. The van der Waals surface area contributed by atoms with Crippen molar-refractivity contribution in [3.8, 4) is 5.75 Å². The first kappa shape index (κ1) is 15.5. The van der Waals surface area contributed by atoms with Gasteiger partial charge in [0.25, 0.3) is 5.91 Å². The molecule has 0 aliphatic heterocycles. The highest BCUT2D eigenvalue weighted by Crippen LogP contribution is 2.25. The van der Waals surface area contributed by atoms with Gasteiger partial charge in [-0.2, -0.15) is 0 Å². The van der Waals surface area contributed by atoms with Crippen molar-refractivity contribution in [2.45, 2.75) is 32.2 Å². The van der Waals surface area contributed by atoms with Crippen molar-refractivity contribution in [1.29, 1.82) is 0 Å². The smallest absolute Gasteiger partial charge is 0.258 e. The van der Waals surface area contributed by atoms with Gasteiger partial charge in [0.1, 0.15) is 0 Å². The number of hydrogen-bond acceptors (Lipinski definition) is 2. The summed E-state index contributed by atoms with van der Waals surface area (Å²) in [6, 6.07) is 12.3. The standard InChI is InChI=1S/C19H20FNO2/c1-13(15-10-9-14-5-4-6-16(14)11-15)21-19(22)12-23-18-8-3-2-7-17(18)20/h2-3,7-11,13H,4-6,12H2,1H3,(H,21,22)/t13-/m0/s1. The molecule has 0 fully saturated rings. The van der Waals surface area contributed by atoms with Gasteiger partial charge in [-0.3, -0.25) is 4.79 Å². The Balaban J connectivity index is 1.56. The second kappa shape index (κ2) is 6.82. The molecule has 1 atom stereocenters. The number of para-hydroxylation sites is 1. The third-order valence-electron chi connectivity index (χ3n) is 4.20. The van der Waals surface area contributed by atoms with Crippen LogP contribution in [0.5, 0.6) is 5.75 Å². The first-order chi connectivity index (χ1) is 11.1. The molecule has 0 radical (unpaired) electrons. The molecule has 0 heterocycles. The summed E-state index contributed by atoms with van der Waals surface area (Å²) in [6.45, 7) is 1.74. The Bertz CT molecular complexity index is 714. The van der Waals surface area contributed by atoms with E-state index in [2.05, 4.69) is 23.5 Å². The topological polar surface area (TPSA) is 38.3 Å². The van der Waals surface area contributed by atoms with E-state index in [1.54, 1.807) is 12.1 Å². The van der Waals surface area contributed by atoms with Crippen LogP contribution in [0.1, 0.15) is 36.1 Å². The van der Waals surface area contributed by atoms with E-state index in [4.69, 9.17) is 4.74 Å². The second-order valence-corrected chi connectivity index (χ2v) is 5.89. The predicted molar refractivity (Wildman–Crippen MR) is 86.9 cm³/mol. The Morgan fingerprint density at radius 2 is 2.00 bits per heavy atom. The lowest BCUT2D eigenvalue weighted by atomic mass is 10.0. The molecule has 0 spiro atoms. The number of fused-ring (bicyclic) bond motifs is 1. The van der Waals surface area contributed by atoms with Crippen LogP contribution in [0.3, 0.4) is 0 Å². The maximum Gasteiger partial charge on any atom is 0.258 e. The molecule has 3 nitrogen and oxygen atoms in total. The largest absolute Gasteiger partial charge is 0.481 e. The van der Waals surface area contributed by atoms with Crippen LogP contribution in [0.15, 0.2) is 42.5 Å². The zero-order valence-electron chi connectivity index (χ0n) is 13.1. The summed E-state index contributed by atoms with van der Waals surface area (Å²) in [5.74, 6) is -0.638. The quantitative estimate of drug-likeness (QED) is 0.916. The minimum absolute atomic E-state index is 0.0906. The number of halogens is 1. The molecule has 1 N–H and O–H groups in total. The van der Waals surface area contributed by atoms with Crippen molar-refractivity contribution >= 4 is 5.91 Å². The van der Waals surface area contributed by atoms with Crippen LogP contribution in [0, 0.1) is 5.82 Å². The maximum absolute atomic E-state index is 13.4. The van der Waals surface area contributed by atoms with Crippen LogP contribution in [0.2, 0.25) is 0 Å². The molecular weight excluding hydrogens is 293 g/mol. The van der Waals surface area contributed by atoms with Gasteiger partial charge in [-0.15, -0.1) is 0 Å². The summed E-state index contributed by atoms with van der Waals surface area (Å²) in [6.07, 6.45) is 3.46. The minimum atomic E-state index is -0.466. The van der Waals surface area contributed by atoms with Crippen molar-refractivity contribution in [1.82, 2.24) is 5.32 Å². The number of benzene rings is 2. The molecule has 0 saturated heterocycles. The van der Waals surface area contributed by atoms with Gasteiger partial charge in [0.15, 0.2) is 18.2 Å². The van der Waals surface area contributed by atoms with Gasteiger partial charge >= 0.3 is 0 Å². The highest BCUT2D eigenvalue weighted by Gasteiger charge is 2.15. The minimum Gasteiger partial charge on any atom is -0.481 e. The van der Waals surface area contributed by atoms with Crippen LogP contribution in [-0.4, -0.2) is 12.5 Å². The molecule has 1 aliphatic carbocycles. The van der Waals surface area contributed by atoms with Gasteiger partial charge in [0, 0.05) is 0 Å². The van der Waals surface area contributed by atoms with Crippen LogP contribution in [-0.2, 0) is 17.6 Å². The number of carbonyl (C=O) groups excluding carboxylic acids is 1. The Morgan fingerprint density at radius 3 is 2.83 bits per heavy atom. The van der Waals surface area contributed by atoms with Gasteiger partial charge < -0.3 is 10.1 Å². The third kappa shape index (κ3) is 3.70. The average Bonchev–Trinajstić information content (AvgIpc) is 3.01.